The molecule has 0 saturated carbocycles. The Kier molecular flexibility index (Phi) is 6.13. The summed E-state index contributed by atoms with van der Waals surface area (Å²) in [5.41, 5.74) is 2.00. The number of aromatic nitrogens is 2. The van der Waals surface area contributed by atoms with Gasteiger partial charge in [-0.2, -0.15) is 4.98 Å². The van der Waals surface area contributed by atoms with Crippen LogP contribution in [0.25, 0.3) is 22.2 Å². The first-order chi connectivity index (χ1) is 16.2. The number of hydrogen-bond acceptors (Lipinski definition) is 5. The Bertz CT molecular complexity index is 1240. The standard InChI is InChI=1S/C26H25FN4O2/c27-22-10-8-20(9-11-22)26-28-24(33-29-26)12-13-25(32)31-16-14-30(15-17-31)18-21-6-3-5-19-4-1-2-7-23(19)21/h1-11H,12-18H2. The fourth-order valence-corrected chi connectivity index (χ4v) is 4.27. The van der Waals surface area contributed by atoms with Gasteiger partial charge >= 0.3 is 0 Å². The number of carbonyl (C=O) groups excluding carboxylic acids is 1. The van der Waals surface area contributed by atoms with Crippen molar-refractivity contribution in [3.05, 3.63) is 84.0 Å². The smallest absolute Gasteiger partial charge is 0.227 e. The van der Waals surface area contributed by atoms with E-state index in [1.165, 1.54) is 28.5 Å². The van der Waals surface area contributed by atoms with Crippen LogP contribution in [0.4, 0.5) is 4.39 Å². The van der Waals surface area contributed by atoms with Crippen LogP contribution in [-0.2, 0) is 17.8 Å². The highest BCUT2D eigenvalue weighted by molar-refractivity contribution is 5.85. The Labute approximate surface area is 191 Å². The Balaban J connectivity index is 1.12. The molecular weight excluding hydrogens is 419 g/mol. The first kappa shape index (κ1) is 21.3. The maximum absolute atomic E-state index is 13.1. The van der Waals surface area contributed by atoms with Crippen molar-refractivity contribution in [2.75, 3.05) is 26.2 Å². The summed E-state index contributed by atoms with van der Waals surface area (Å²) in [7, 11) is 0. The van der Waals surface area contributed by atoms with Gasteiger partial charge in [-0.25, -0.2) is 4.39 Å². The number of piperazine rings is 1. The van der Waals surface area contributed by atoms with E-state index in [1.54, 1.807) is 12.1 Å². The summed E-state index contributed by atoms with van der Waals surface area (Å²) in [5, 5.41) is 6.48. The maximum Gasteiger partial charge on any atom is 0.227 e. The quantitative estimate of drug-likeness (QED) is 0.444. The van der Waals surface area contributed by atoms with Crippen molar-refractivity contribution in [3.8, 4) is 11.4 Å². The summed E-state index contributed by atoms with van der Waals surface area (Å²) in [4.78, 5) is 21.3. The molecule has 7 heteroatoms. The second kappa shape index (κ2) is 9.50. The second-order valence-electron chi connectivity index (χ2n) is 8.31. The third-order valence-corrected chi connectivity index (χ3v) is 6.12. The van der Waals surface area contributed by atoms with Gasteiger partial charge in [-0.3, -0.25) is 9.69 Å². The average molecular weight is 445 g/mol. The normalized spacial score (nSPS) is 14.6. The van der Waals surface area contributed by atoms with Crippen molar-refractivity contribution >= 4 is 16.7 Å². The van der Waals surface area contributed by atoms with Crippen molar-refractivity contribution in [1.29, 1.82) is 0 Å². The number of hydrogen-bond donors (Lipinski definition) is 0. The molecule has 1 fully saturated rings. The van der Waals surface area contributed by atoms with Crippen LogP contribution in [0.5, 0.6) is 0 Å². The molecule has 0 radical (unpaired) electrons. The third-order valence-electron chi connectivity index (χ3n) is 6.12. The van der Waals surface area contributed by atoms with E-state index in [9.17, 15) is 9.18 Å². The molecule has 0 aliphatic carbocycles. The van der Waals surface area contributed by atoms with E-state index >= 15 is 0 Å². The minimum absolute atomic E-state index is 0.0985. The van der Waals surface area contributed by atoms with Crippen LogP contribution in [-0.4, -0.2) is 52.0 Å². The molecule has 1 aliphatic heterocycles. The SMILES string of the molecule is O=C(CCc1nc(-c2ccc(F)cc2)no1)N1CCN(Cc2cccc3ccccc23)CC1. The molecule has 6 nitrogen and oxygen atoms in total. The number of benzene rings is 3. The summed E-state index contributed by atoms with van der Waals surface area (Å²) in [6.45, 7) is 4.02. The number of carbonyl (C=O) groups is 1. The zero-order chi connectivity index (χ0) is 22.6. The van der Waals surface area contributed by atoms with Crippen LogP contribution in [0.1, 0.15) is 17.9 Å². The lowest BCUT2D eigenvalue weighted by Gasteiger charge is -2.35. The zero-order valence-corrected chi connectivity index (χ0v) is 18.3. The first-order valence-electron chi connectivity index (χ1n) is 11.2. The largest absolute Gasteiger partial charge is 0.340 e. The summed E-state index contributed by atoms with van der Waals surface area (Å²) in [5.74, 6) is 0.600. The number of fused-ring (bicyclic) bond motifs is 1. The van der Waals surface area contributed by atoms with E-state index in [2.05, 4.69) is 57.5 Å². The number of amides is 1. The van der Waals surface area contributed by atoms with Crippen LogP contribution in [0.3, 0.4) is 0 Å². The van der Waals surface area contributed by atoms with E-state index < -0.39 is 0 Å². The van der Waals surface area contributed by atoms with E-state index in [4.69, 9.17) is 4.52 Å². The molecule has 0 bridgehead atoms. The molecule has 0 atom stereocenters. The predicted octanol–water partition coefficient (Wildman–Crippen LogP) is 4.31. The molecule has 0 N–H and O–H groups in total. The Morgan fingerprint density at radius 3 is 2.52 bits per heavy atom. The summed E-state index contributed by atoms with van der Waals surface area (Å²) in [6.07, 6.45) is 0.720. The van der Waals surface area contributed by atoms with Crippen LogP contribution in [0.2, 0.25) is 0 Å². The number of rotatable bonds is 6. The highest BCUT2D eigenvalue weighted by atomic mass is 19.1. The molecule has 1 aliphatic rings. The second-order valence-corrected chi connectivity index (χ2v) is 8.31. The van der Waals surface area contributed by atoms with Crippen molar-refractivity contribution in [2.45, 2.75) is 19.4 Å². The van der Waals surface area contributed by atoms with Gasteiger partial charge in [0, 0.05) is 51.1 Å². The summed E-state index contributed by atoms with van der Waals surface area (Å²) in [6, 6.07) is 20.8. The lowest BCUT2D eigenvalue weighted by atomic mass is 10.0. The molecule has 168 valence electrons. The van der Waals surface area contributed by atoms with E-state index in [1.807, 2.05) is 4.90 Å². The first-order valence-corrected chi connectivity index (χ1v) is 11.2. The molecule has 0 spiro atoms. The minimum atomic E-state index is -0.315. The lowest BCUT2D eigenvalue weighted by molar-refractivity contribution is -0.133. The predicted molar refractivity (Wildman–Crippen MR) is 124 cm³/mol. The lowest BCUT2D eigenvalue weighted by Crippen LogP contribution is -2.48. The molecule has 2 heterocycles. The number of aryl methyl sites for hydroxylation is 1. The Morgan fingerprint density at radius 2 is 1.70 bits per heavy atom. The monoisotopic (exact) mass is 444 g/mol. The van der Waals surface area contributed by atoms with Gasteiger partial charge < -0.3 is 9.42 Å². The van der Waals surface area contributed by atoms with Gasteiger partial charge in [0.15, 0.2) is 0 Å². The average Bonchev–Trinajstić information content (AvgIpc) is 3.33. The van der Waals surface area contributed by atoms with E-state index in [0.717, 1.165) is 19.6 Å². The zero-order valence-electron chi connectivity index (χ0n) is 18.3. The number of nitrogens with zero attached hydrogens (tertiary/aromatic N) is 4. The van der Waals surface area contributed by atoms with E-state index in [0.29, 0.717) is 43.2 Å². The molecule has 4 aromatic rings. The molecule has 1 aromatic heterocycles. The van der Waals surface area contributed by atoms with Crippen molar-refractivity contribution in [3.63, 3.8) is 0 Å². The molecule has 0 unspecified atom stereocenters. The number of halogens is 1. The fourth-order valence-electron chi connectivity index (χ4n) is 4.27. The summed E-state index contributed by atoms with van der Waals surface area (Å²) < 4.78 is 18.4. The van der Waals surface area contributed by atoms with Crippen LogP contribution in [0.15, 0.2) is 71.3 Å². The van der Waals surface area contributed by atoms with Crippen LogP contribution in [0, 0.1) is 5.82 Å². The van der Waals surface area contributed by atoms with Gasteiger partial charge in [0.05, 0.1) is 0 Å². The van der Waals surface area contributed by atoms with Gasteiger partial charge in [0.25, 0.3) is 0 Å². The fraction of sp³-hybridized carbons (Fsp3) is 0.269. The van der Waals surface area contributed by atoms with Crippen LogP contribution < -0.4 is 0 Å². The van der Waals surface area contributed by atoms with Gasteiger partial charge in [-0.05, 0) is 40.6 Å². The van der Waals surface area contributed by atoms with Gasteiger partial charge in [0.2, 0.25) is 17.6 Å². The molecule has 33 heavy (non-hydrogen) atoms. The molecule has 1 amide bonds. The third kappa shape index (κ3) is 4.93. The summed E-state index contributed by atoms with van der Waals surface area (Å²) >= 11 is 0. The topological polar surface area (TPSA) is 62.5 Å². The van der Waals surface area contributed by atoms with Gasteiger partial charge in [0.1, 0.15) is 5.82 Å². The van der Waals surface area contributed by atoms with E-state index in [-0.39, 0.29) is 11.7 Å². The van der Waals surface area contributed by atoms with Crippen molar-refractivity contribution < 1.29 is 13.7 Å². The molecule has 3 aromatic carbocycles. The van der Waals surface area contributed by atoms with Crippen LogP contribution >= 0.6 is 0 Å². The molecule has 5 rings (SSSR count). The molecular formula is C26H25FN4O2. The van der Waals surface area contributed by atoms with Gasteiger partial charge in [-0.1, -0.05) is 47.6 Å². The maximum atomic E-state index is 13.1. The van der Waals surface area contributed by atoms with Crippen molar-refractivity contribution in [2.24, 2.45) is 0 Å². The minimum Gasteiger partial charge on any atom is -0.340 e. The molecule has 1 saturated heterocycles. The Hall–Kier alpha value is -3.58. The van der Waals surface area contributed by atoms with Gasteiger partial charge in [-0.15, -0.1) is 0 Å². The highest BCUT2D eigenvalue weighted by Crippen LogP contribution is 2.21. The Morgan fingerprint density at radius 1 is 0.939 bits per heavy atom. The highest BCUT2D eigenvalue weighted by Gasteiger charge is 2.22. The van der Waals surface area contributed by atoms with Crippen molar-refractivity contribution in [1.82, 2.24) is 19.9 Å².